The van der Waals surface area contributed by atoms with E-state index in [1.54, 1.807) is 28.8 Å². The molecule has 0 spiro atoms. The van der Waals surface area contributed by atoms with Crippen molar-refractivity contribution in [2.45, 2.75) is 38.3 Å². The van der Waals surface area contributed by atoms with E-state index in [2.05, 4.69) is 10.3 Å². The first kappa shape index (κ1) is 20.2. The van der Waals surface area contributed by atoms with Gasteiger partial charge >= 0.3 is 0 Å². The van der Waals surface area contributed by atoms with Crippen LogP contribution in [0.2, 0.25) is 0 Å². The monoisotopic (exact) mass is 404 g/mol. The topological polar surface area (TPSA) is 101 Å². The Hall–Kier alpha value is -2.52. The number of rotatable bonds is 6. The third-order valence-electron chi connectivity index (χ3n) is 4.89. The number of carbonyl (C=O) groups excluding carboxylic acids is 2. The zero-order valence-corrected chi connectivity index (χ0v) is 16.8. The Morgan fingerprint density at radius 3 is 2.57 bits per heavy atom. The fourth-order valence-corrected chi connectivity index (χ4v) is 4.64. The normalized spacial score (nSPS) is 18.0. The molecule has 28 heavy (non-hydrogen) atoms. The average molecular weight is 404 g/mol. The van der Waals surface area contributed by atoms with Gasteiger partial charge in [-0.05, 0) is 51.0 Å². The first-order valence-corrected chi connectivity index (χ1v) is 10.7. The van der Waals surface area contributed by atoms with Gasteiger partial charge in [-0.25, -0.2) is 13.4 Å². The molecule has 0 aliphatic carbocycles. The van der Waals surface area contributed by atoms with Crippen LogP contribution in [0.1, 0.15) is 37.0 Å². The van der Waals surface area contributed by atoms with Crippen molar-refractivity contribution in [3.05, 3.63) is 42.4 Å². The summed E-state index contributed by atoms with van der Waals surface area (Å²) in [6.07, 6.45) is 4.23. The SMILES string of the molecule is CCn1cnc(S(=O)(=O)N2CCCC(C(=O)Nc3ccc(C(C)=O)cc3)C2)c1. The molecule has 1 unspecified atom stereocenters. The van der Waals surface area contributed by atoms with E-state index in [1.807, 2.05) is 6.92 Å². The lowest BCUT2D eigenvalue weighted by atomic mass is 9.98. The Morgan fingerprint density at radius 1 is 1.25 bits per heavy atom. The molecule has 1 aromatic carbocycles. The van der Waals surface area contributed by atoms with Crippen molar-refractivity contribution in [1.82, 2.24) is 13.9 Å². The maximum absolute atomic E-state index is 12.8. The van der Waals surface area contributed by atoms with Gasteiger partial charge < -0.3 is 9.88 Å². The lowest BCUT2D eigenvalue weighted by Crippen LogP contribution is -2.43. The number of carbonyl (C=O) groups is 2. The van der Waals surface area contributed by atoms with Crippen molar-refractivity contribution in [1.29, 1.82) is 0 Å². The van der Waals surface area contributed by atoms with Crippen molar-refractivity contribution in [3.8, 4) is 0 Å². The Balaban J connectivity index is 1.68. The average Bonchev–Trinajstić information content (AvgIpc) is 3.18. The molecule has 1 atom stereocenters. The summed E-state index contributed by atoms with van der Waals surface area (Å²) in [5, 5.41) is 2.82. The summed E-state index contributed by atoms with van der Waals surface area (Å²) < 4.78 is 28.7. The second-order valence-electron chi connectivity index (χ2n) is 6.87. The Bertz CT molecular complexity index is 966. The molecule has 1 saturated heterocycles. The van der Waals surface area contributed by atoms with E-state index < -0.39 is 15.9 Å². The van der Waals surface area contributed by atoms with Gasteiger partial charge in [-0.1, -0.05) is 0 Å². The highest BCUT2D eigenvalue weighted by Gasteiger charge is 2.34. The number of amides is 1. The molecule has 1 fully saturated rings. The van der Waals surface area contributed by atoms with Crippen LogP contribution in [0, 0.1) is 5.92 Å². The molecule has 1 aliphatic rings. The smallest absolute Gasteiger partial charge is 0.262 e. The van der Waals surface area contributed by atoms with Crippen LogP contribution in [-0.2, 0) is 21.4 Å². The number of sulfonamides is 1. The van der Waals surface area contributed by atoms with Gasteiger partial charge in [0.05, 0.1) is 12.2 Å². The number of hydrogen-bond donors (Lipinski definition) is 1. The van der Waals surface area contributed by atoms with Gasteiger partial charge in [0.25, 0.3) is 10.0 Å². The van der Waals surface area contributed by atoms with Gasteiger partial charge in [0, 0.05) is 37.1 Å². The van der Waals surface area contributed by atoms with Crippen LogP contribution < -0.4 is 5.32 Å². The molecular weight excluding hydrogens is 380 g/mol. The van der Waals surface area contributed by atoms with E-state index in [-0.39, 0.29) is 23.3 Å². The van der Waals surface area contributed by atoms with Crippen LogP contribution in [0.3, 0.4) is 0 Å². The molecule has 2 aromatic rings. The summed E-state index contributed by atoms with van der Waals surface area (Å²) in [7, 11) is -3.72. The van der Waals surface area contributed by atoms with Gasteiger partial charge in [-0.3, -0.25) is 9.59 Å². The number of aromatic nitrogens is 2. The second kappa shape index (κ2) is 8.24. The first-order valence-electron chi connectivity index (χ1n) is 9.25. The van der Waals surface area contributed by atoms with Gasteiger partial charge in [-0.15, -0.1) is 0 Å². The van der Waals surface area contributed by atoms with E-state index in [9.17, 15) is 18.0 Å². The highest BCUT2D eigenvalue weighted by atomic mass is 32.2. The van der Waals surface area contributed by atoms with Crippen molar-refractivity contribution in [3.63, 3.8) is 0 Å². The number of imidazole rings is 1. The van der Waals surface area contributed by atoms with E-state index in [1.165, 1.54) is 23.8 Å². The predicted octanol–water partition coefficient (Wildman–Crippen LogP) is 2.14. The summed E-state index contributed by atoms with van der Waals surface area (Å²) in [4.78, 5) is 28.0. The van der Waals surface area contributed by atoms with Crippen molar-refractivity contribution >= 4 is 27.4 Å². The number of hydrogen-bond acceptors (Lipinski definition) is 5. The van der Waals surface area contributed by atoms with Crippen molar-refractivity contribution < 1.29 is 18.0 Å². The molecular formula is C19H24N4O4S. The fourth-order valence-electron chi connectivity index (χ4n) is 3.19. The van der Waals surface area contributed by atoms with Gasteiger partial charge in [0.2, 0.25) is 5.91 Å². The van der Waals surface area contributed by atoms with Crippen LogP contribution in [0.15, 0.2) is 41.8 Å². The highest BCUT2D eigenvalue weighted by molar-refractivity contribution is 7.89. The van der Waals surface area contributed by atoms with E-state index in [0.717, 1.165) is 0 Å². The van der Waals surface area contributed by atoms with Crippen LogP contribution in [0.4, 0.5) is 5.69 Å². The lowest BCUT2D eigenvalue weighted by Gasteiger charge is -2.30. The van der Waals surface area contributed by atoms with E-state index in [0.29, 0.717) is 37.2 Å². The number of piperidine rings is 1. The zero-order valence-electron chi connectivity index (χ0n) is 16.0. The standard InChI is InChI=1S/C19H24N4O4S/c1-3-22-12-18(20-13-22)28(26,27)23-10-4-5-16(11-23)19(25)21-17-8-6-15(7-9-17)14(2)24/h6-9,12-13,16H,3-5,10-11H2,1-2H3,(H,21,25). The maximum atomic E-state index is 12.8. The first-order chi connectivity index (χ1) is 13.3. The molecule has 1 aliphatic heterocycles. The molecule has 3 rings (SSSR count). The molecule has 8 nitrogen and oxygen atoms in total. The third kappa shape index (κ3) is 4.31. The van der Waals surface area contributed by atoms with Crippen LogP contribution in [0.5, 0.6) is 0 Å². The number of aryl methyl sites for hydroxylation is 1. The minimum absolute atomic E-state index is 0.00947. The molecule has 9 heteroatoms. The molecule has 1 amide bonds. The number of nitrogens with zero attached hydrogens (tertiary/aromatic N) is 3. The van der Waals surface area contributed by atoms with Gasteiger partial charge in [0.1, 0.15) is 0 Å². The van der Waals surface area contributed by atoms with E-state index in [4.69, 9.17) is 0 Å². The molecule has 0 saturated carbocycles. The number of benzene rings is 1. The lowest BCUT2D eigenvalue weighted by molar-refractivity contribution is -0.120. The summed E-state index contributed by atoms with van der Waals surface area (Å²) in [6.45, 7) is 4.52. The van der Waals surface area contributed by atoms with Crippen molar-refractivity contribution in [2.24, 2.45) is 5.92 Å². The minimum atomic E-state index is -3.72. The number of Topliss-reactive ketones (excluding diaryl/α,β-unsaturated/α-hetero) is 1. The number of nitrogens with one attached hydrogen (secondary N) is 1. The van der Waals surface area contributed by atoms with Crippen molar-refractivity contribution in [2.75, 3.05) is 18.4 Å². The Morgan fingerprint density at radius 2 is 1.96 bits per heavy atom. The Labute approximate surface area is 164 Å². The molecule has 0 radical (unpaired) electrons. The Kier molecular flexibility index (Phi) is 5.95. The van der Waals surface area contributed by atoms with Gasteiger partial charge in [0.15, 0.2) is 10.8 Å². The van der Waals surface area contributed by atoms with E-state index >= 15 is 0 Å². The maximum Gasteiger partial charge on any atom is 0.262 e. The number of anilines is 1. The van der Waals surface area contributed by atoms with Crippen LogP contribution in [0.25, 0.3) is 0 Å². The quantitative estimate of drug-likeness (QED) is 0.744. The molecule has 150 valence electrons. The summed E-state index contributed by atoms with van der Waals surface area (Å²) in [5.74, 6) is -0.713. The number of ketones is 1. The van der Waals surface area contributed by atoms with Crippen LogP contribution >= 0.6 is 0 Å². The molecule has 2 heterocycles. The minimum Gasteiger partial charge on any atom is -0.336 e. The third-order valence-corrected chi connectivity index (χ3v) is 6.64. The summed E-state index contributed by atoms with van der Waals surface area (Å²) >= 11 is 0. The predicted molar refractivity (Wildman–Crippen MR) is 104 cm³/mol. The zero-order chi connectivity index (χ0) is 20.3. The second-order valence-corrected chi connectivity index (χ2v) is 8.75. The molecule has 1 aromatic heterocycles. The summed E-state index contributed by atoms with van der Waals surface area (Å²) in [5.41, 5.74) is 1.15. The summed E-state index contributed by atoms with van der Waals surface area (Å²) in [6, 6.07) is 6.64. The highest BCUT2D eigenvalue weighted by Crippen LogP contribution is 2.24. The van der Waals surface area contributed by atoms with Gasteiger partial charge in [-0.2, -0.15) is 4.31 Å². The van der Waals surface area contributed by atoms with Crippen LogP contribution in [-0.4, -0.2) is 47.1 Å². The largest absolute Gasteiger partial charge is 0.336 e. The molecule has 1 N–H and O–H groups in total. The fraction of sp³-hybridized carbons (Fsp3) is 0.421. The molecule has 0 bridgehead atoms.